The Balaban J connectivity index is 1.27. The summed E-state index contributed by atoms with van der Waals surface area (Å²) in [5, 5.41) is 0. The second-order valence-corrected chi connectivity index (χ2v) is 7.39. The Kier molecular flexibility index (Phi) is 8.11. The minimum absolute atomic E-state index is 0.00963. The fraction of sp³-hybridized carbons (Fsp3) is 0.286. The van der Waals surface area contributed by atoms with Crippen LogP contribution < -0.4 is 25.1 Å². The molecule has 1 unspecified atom stereocenters. The number of hydrazine groups is 1. The van der Waals surface area contributed by atoms with E-state index < -0.39 is 30.5 Å². The highest BCUT2D eigenvalue weighted by Crippen LogP contribution is 2.30. The molecule has 0 fully saturated rings. The number of carbonyl (C=O) groups is 3. The van der Waals surface area contributed by atoms with Crippen LogP contribution >= 0.6 is 15.9 Å². The van der Waals surface area contributed by atoms with Gasteiger partial charge in [0.2, 0.25) is 6.10 Å². The van der Waals surface area contributed by atoms with Gasteiger partial charge in [0.25, 0.3) is 11.8 Å². The van der Waals surface area contributed by atoms with Crippen molar-refractivity contribution in [1.29, 1.82) is 0 Å². The van der Waals surface area contributed by atoms with E-state index in [1.807, 2.05) is 24.3 Å². The minimum atomic E-state index is -0.914. The van der Waals surface area contributed by atoms with Crippen LogP contribution in [0.15, 0.2) is 53.0 Å². The molecule has 0 aromatic heterocycles. The fourth-order valence-corrected chi connectivity index (χ4v) is 2.96. The van der Waals surface area contributed by atoms with Gasteiger partial charge in [-0.25, -0.2) is 0 Å². The van der Waals surface area contributed by atoms with Gasteiger partial charge in [0, 0.05) is 10.9 Å². The molecule has 0 aliphatic carbocycles. The van der Waals surface area contributed by atoms with Crippen LogP contribution in [-0.4, -0.2) is 43.7 Å². The maximum absolute atomic E-state index is 12.1. The van der Waals surface area contributed by atoms with E-state index in [0.29, 0.717) is 30.3 Å². The molecule has 31 heavy (non-hydrogen) atoms. The molecule has 0 radical (unpaired) electrons. The van der Waals surface area contributed by atoms with Gasteiger partial charge in [-0.1, -0.05) is 34.1 Å². The number of benzene rings is 2. The topological polar surface area (TPSA) is 112 Å². The number of amides is 2. The van der Waals surface area contributed by atoms with Crippen LogP contribution in [0.2, 0.25) is 0 Å². The van der Waals surface area contributed by atoms with Crippen molar-refractivity contribution in [3.8, 4) is 17.2 Å². The van der Waals surface area contributed by atoms with Crippen LogP contribution in [0.1, 0.15) is 12.8 Å². The molecule has 0 saturated heterocycles. The van der Waals surface area contributed by atoms with E-state index in [2.05, 4.69) is 26.8 Å². The average molecular weight is 493 g/mol. The lowest BCUT2D eigenvalue weighted by molar-refractivity contribution is -0.149. The number of nitrogens with one attached hydrogen (secondary N) is 2. The zero-order valence-corrected chi connectivity index (χ0v) is 18.1. The zero-order chi connectivity index (χ0) is 22.1. The maximum atomic E-state index is 12.1. The van der Waals surface area contributed by atoms with Gasteiger partial charge in [-0.15, -0.1) is 0 Å². The van der Waals surface area contributed by atoms with E-state index in [1.165, 1.54) is 0 Å². The number of carbonyl (C=O) groups excluding carboxylic acids is 3. The van der Waals surface area contributed by atoms with Gasteiger partial charge in [-0.05, 0) is 36.8 Å². The number of ether oxygens (including phenoxy) is 4. The Morgan fingerprint density at radius 2 is 1.87 bits per heavy atom. The predicted octanol–water partition coefficient (Wildman–Crippen LogP) is 2.14. The number of halogens is 1. The Hall–Kier alpha value is -3.27. The van der Waals surface area contributed by atoms with Crippen molar-refractivity contribution in [1.82, 2.24) is 10.9 Å². The molecule has 0 bridgehead atoms. The summed E-state index contributed by atoms with van der Waals surface area (Å²) in [6.07, 6.45) is -0.382. The zero-order valence-electron chi connectivity index (χ0n) is 16.5. The summed E-state index contributed by atoms with van der Waals surface area (Å²) >= 11 is 3.35. The van der Waals surface area contributed by atoms with Crippen LogP contribution in [0.3, 0.4) is 0 Å². The summed E-state index contributed by atoms with van der Waals surface area (Å²) in [6.45, 7) is -0.174. The van der Waals surface area contributed by atoms with E-state index in [0.717, 1.165) is 4.47 Å². The summed E-state index contributed by atoms with van der Waals surface area (Å²) in [5.74, 6) is -0.126. The number of rotatable bonds is 8. The van der Waals surface area contributed by atoms with Crippen LogP contribution in [0.4, 0.5) is 0 Å². The van der Waals surface area contributed by atoms with Gasteiger partial charge in [0.1, 0.15) is 12.4 Å². The number of hydrogen-bond acceptors (Lipinski definition) is 7. The van der Waals surface area contributed by atoms with Gasteiger partial charge in [0.05, 0.1) is 6.61 Å². The maximum Gasteiger partial charge on any atom is 0.306 e. The summed E-state index contributed by atoms with van der Waals surface area (Å²) in [6, 6.07) is 14.3. The summed E-state index contributed by atoms with van der Waals surface area (Å²) < 4.78 is 22.3. The third-order valence-corrected chi connectivity index (χ3v) is 4.57. The van der Waals surface area contributed by atoms with E-state index >= 15 is 0 Å². The molecule has 2 aromatic carbocycles. The largest absolute Gasteiger partial charge is 0.494 e. The Morgan fingerprint density at radius 1 is 1.06 bits per heavy atom. The molecule has 2 N–H and O–H groups in total. The number of esters is 1. The van der Waals surface area contributed by atoms with Crippen LogP contribution in [0, 0.1) is 0 Å². The Morgan fingerprint density at radius 3 is 2.68 bits per heavy atom. The predicted molar refractivity (Wildman–Crippen MR) is 112 cm³/mol. The second-order valence-electron chi connectivity index (χ2n) is 6.47. The summed E-state index contributed by atoms with van der Waals surface area (Å²) in [7, 11) is 0. The lowest BCUT2D eigenvalue weighted by Gasteiger charge is -2.25. The molecular weight excluding hydrogens is 472 g/mol. The van der Waals surface area contributed by atoms with Gasteiger partial charge < -0.3 is 18.9 Å². The Labute approximate surface area is 187 Å². The van der Waals surface area contributed by atoms with Crippen molar-refractivity contribution in [2.24, 2.45) is 0 Å². The van der Waals surface area contributed by atoms with Gasteiger partial charge >= 0.3 is 5.97 Å². The third kappa shape index (κ3) is 7.18. The molecule has 1 heterocycles. The van der Waals surface area contributed by atoms with Crippen LogP contribution in [0.5, 0.6) is 17.2 Å². The monoisotopic (exact) mass is 492 g/mol. The standard InChI is InChI=1S/C21H21BrN2O7/c22-14-5-3-6-15(11-14)28-10-4-9-20(26)30-13-19(25)23-24-21(27)18-12-29-16-7-1-2-8-17(16)31-18/h1-3,5-8,11,18H,4,9-10,12-13H2,(H,23,25)(H,24,27). The lowest BCUT2D eigenvalue weighted by atomic mass is 10.2. The first-order valence-corrected chi connectivity index (χ1v) is 10.3. The molecule has 2 aromatic rings. The van der Waals surface area contributed by atoms with Crippen molar-refractivity contribution < 1.29 is 33.3 Å². The smallest absolute Gasteiger partial charge is 0.306 e. The van der Waals surface area contributed by atoms with Gasteiger partial charge in [-0.3, -0.25) is 25.2 Å². The normalized spacial score (nSPS) is 14.3. The lowest BCUT2D eigenvalue weighted by Crippen LogP contribution is -2.51. The number of fused-ring (bicyclic) bond motifs is 1. The molecule has 3 rings (SSSR count). The number of para-hydroxylation sites is 2. The SMILES string of the molecule is O=C(COC(=O)CCCOc1cccc(Br)c1)NNC(=O)C1COc2ccccc2O1. The van der Waals surface area contributed by atoms with Crippen molar-refractivity contribution in [2.75, 3.05) is 19.8 Å². The first kappa shape index (κ1) is 22.4. The highest BCUT2D eigenvalue weighted by molar-refractivity contribution is 9.10. The molecule has 0 spiro atoms. The quantitative estimate of drug-likeness (QED) is 0.329. The molecule has 10 heteroatoms. The highest BCUT2D eigenvalue weighted by Gasteiger charge is 2.27. The summed E-state index contributed by atoms with van der Waals surface area (Å²) in [5.41, 5.74) is 4.40. The van der Waals surface area contributed by atoms with E-state index in [9.17, 15) is 14.4 Å². The van der Waals surface area contributed by atoms with Crippen LogP contribution in [0.25, 0.3) is 0 Å². The van der Waals surface area contributed by atoms with Crippen molar-refractivity contribution in [2.45, 2.75) is 18.9 Å². The van der Waals surface area contributed by atoms with Crippen molar-refractivity contribution >= 4 is 33.7 Å². The fourth-order valence-electron chi connectivity index (χ4n) is 2.58. The highest BCUT2D eigenvalue weighted by atomic mass is 79.9. The molecule has 1 aliphatic heterocycles. The average Bonchev–Trinajstić information content (AvgIpc) is 2.78. The van der Waals surface area contributed by atoms with E-state index in [1.54, 1.807) is 24.3 Å². The molecule has 1 atom stereocenters. The first-order chi connectivity index (χ1) is 15.0. The second kappa shape index (κ2) is 11.2. The molecule has 9 nitrogen and oxygen atoms in total. The van der Waals surface area contributed by atoms with Gasteiger partial charge in [-0.2, -0.15) is 0 Å². The third-order valence-electron chi connectivity index (χ3n) is 4.08. The minimum Gasteiger partial charge on any atom is -0.494 e. The van der Waals surface area contributed by atoms with Crippen LogP contribution in [-0.2, 0) is 19.1 Å². The number of hydrogen-bond donors (Lipinski definition) is 2. The molecule has 164 valence electrons. The van der Waals surface area contributed by atoms with E-state index in [-0.39, 0.29) is 13.0 Å². The summed E-state index contributed by atoms with van der Waals surface area (Å²) in [4.78, 5) is 35.6. The van der Waals surface area contributed by atoms with Crippen molar-refractivity contribution in [3.63, 3.8) is 0 Å². The first-order valence-electron chi connectivity index (χ1n) is 9.52. The molecule has 2 amide bonds. The van der Waals surface area contributed by atoms with Gasteiger partial charge in [0.15, 0.2) is 18.1 Å². The van der Waals surface area contributed by atoms with E-state index in [4.69, 9.17) is 18.9 Å². The Bertz CT molecular complexity index is 937. The molecule has 0 saturated carbocycles. The molecular formula is C21H21BrN2O7. The van der Waals surface area contributed by atoms with Crippen molar-refractivity contribution in [3.05, 3.63) is 53.0 Å². The molecule has 1 aliphatic rings.